The van der Waals surface area contributed by atoms with Crippen LogP contribution >= 0.6 is 0 Å². The van der Waals surface area contributed by atoms with E-state index in [0.29, 0.717) is 13.0 Å². The molecule has 0 fully saturated rings. The average Bonchev–Trinajstić information content (AvgIpc) is 2.58. The monoisotopic (exact) mass is 341 g/mol. The quantitative estimate of drug-likeness (QED) is 0.265. The molecule has 0 saturated carbocycles. The lowest BCUT2D eigenvalue weighted by atomic mass is 10.1. The Hall–Kier alpha value is -1.52. The fourth-order valence-electron chi connectivity index (χ4n) is 2.31. The van der Waals surface area contributed by atoms with Crippen LogP contribution in [-0.4, -0.2) is 31.3 Å². The van der Waals surface area contributed by atoms with Crippen LogP contribution in [0.3, 0.4) is 0 Å². The number of ether oxygens (including phenoxy) is 2. The molecule has 0 aromatic heterocycles. The van der Waals surface area contributed by atoms with Crippen LogP contribution in [0.25, 0.3) is 0 Å². The number of rotatable bonds is 15. The summed E-state index contributed by atoms with van der Waals surface area (Å²) in [6, 6.07) is -0.633. The van der Waals surface area contributed by atoms with Gasteiger partial charge in [-0.3, -0.25) is 0 Å². The summed E-state index contributed by atoms with van der Waals surface area (Å²) < 4.78 is 10.2. The topological polar surface area (TPSA) is 64.6 Å². The summed E-state index contributed by atoms with van der Waals surface area (Å²) in [5.74, 6) is -0.370. The molecule has 1 amide bonds. The van der Waals surface area contributed by atoms with Crippen LogP contribution < -0.4 is 5.32 Å². The smallest absolute Gasteiger partial charge is 0.408 e. The number of unbranched alkanes of at least 4 members (excludes halogenated alkanes) is 7. The predicted octanol–water partition coefficient (Wildman–Crippen LogP) is 4.75. The molecule has 24 heavy (non-hydrogen) atoms. The molecule has 140 valence electrons. The van der Waals surface area contributed by atoms with Crippen molar-refractivity contribution in [2.75, 3.05) is 13.2 Å². The molecule has 1 unspecified atom stereocenters. The van der Waals surface area contributed by atoms with Crippen LogP contribution in [0.15, 0.2) is 12.7 Å². The van der Waals surface area contributed by atoms with Gasteiger partial charge in [0, 0.05) is 0 Å². The molecule has 0 aromatic rings. The van der Waals surface area contributed by atoms with Crippen molar-refractivity contribution in [1.82, 2.24) is 5.32 Å². The van der Waals surface area contributed by atoms with Crippen LogP contribution in [0.1, 0.15) is 78.1 Å². The first-order valence-electron chi connectivity index (χ1n) is 9.36. The second-order valence-corrected chi connectivity index (χ2v) is 6.02. The summed E-state index contributed by atoms with van der Waals surface area (Å²) in [6.07, 6.45) is 11.4. The van der Waals surface area contributed by atoms with E-state index < -0.39 is 12.1 Å². The van der Waals surface area contributed by atoms with E-state index in [-0.39, 0.29) is 12.6 Å². The zero-order valence-corrected chi connectivity index (χ0v) is 15.5. The highest BCUT2D eigenvalue weighted by molar-refractivity contribution is 5.81. The molecule has 0 heterocycles. The molecule has 0 aliphatic heterocycles. The highest BCUT2D eigenvalue weighted by Crippen LogP contribution is 2.08. The van der Waals surface area contributed by atoms with Crippen molar-refractivity contribution in [2.45, 2.75) is 84.1 Å². The third-order valence-electron chi connectivity index (χ3n) is 3.75. The van der Waals surface area contributed by atoms with E-state index in [4.69, 9.17) is 9.47 Å². The van der Waals surface area contributed by atoms with Crippen LogP contribution in [0, 0.1) is 0 Å². The summed E-state index contributed by atoms with van der Waals surface area (Å²) >= 11 is 0. The van der Waals surface area contributed by atoms with Gasteiger partial charge in [-0.05, 0) is 12.8 Å². The van der Waals surface area contributed by atoms with E-state index in [0.717, 1.165) is 25.7 Å². The molecule has 1 N–H and O–H groups in total. The van der Waals surface area contributed by atoms with Crippen LogP contribution in [-0.2, 0) is 14.3 Å². The largest absolute Gasteiger partial charge is 0.464 e. The molecule has 0 saturated heterocycles. The molecule has 0 spiro atoms. The van der Waals surface area contributed by atoms with Crippen molar-refractivity contribution in [3.05, 3.63) is 12.7 Å². The fraction of sp³-hybridized carbons (Fsp3) is 0.789. The summed E-state index contributed by atoms with van der Waals surface area (Å²) in [5, 5.41) is 2.58. The Morgan fingerprint density at radius 2 is 1.58 bits per heavy atom. The number of nitrogens with one attached hydrogen (secondary N) is 1. The summed E-state index contributed by atoms with van der Waals surface area (Å²) in [4.78, 5) is 23.7. The van der Waals surface area contributed by atoms with Gasteiger partial charge in [0.1, 0.15) is 12.6 Å². The van der Waals surface area contributed by atoms with Gasteiger partial charge in [-0.25, -0.2) is 9.59 Å². The highest BCUT2D eigenvalue weighted by Gasteiger charge is 2.22. The highest BCUT2D eigenvalue weighted by atomic mass is 16.6. The molecule has 5 nitrogen and oxygen atoms in total. The maximum atomic E-state index is 12.1. The van der Waals surface area contributed by atoms with Crippen molar-refractivity contribution in [2.24, 2.45) is 0 Å². The number of alkyl carbamates (subject to hydrolysis) is 1. The van der Waals surface area contributed by atoms with Crippen molar-refractivity contribution < 1.29 is 19.1 Å². The Morgan fingerprint density at radius 1 is 0.958 bits per heavy atom. The van der Waals surface area contributed by atoms with Gasteiger partial charge in [-0.1, -0.05) is 77.9 Å². The predicted molar refractivity (Wildman–Crippen MR) is 96.9 cm³/mol. The Bertz CT molecular complexity index is 344. The van der Waals surface area contributed by atoms with Gasteiger partial charge in [0.25, 0.3) is 0 Å². The first kappa shape index (κ1) is 22.5. The molecule has 0 rings (SSSR count). The second kappa shape index (κ2) is 16.3. The lowest BCUT2D eigenvalue weighted by Crippen LogP contribution is -2.42. The average molecular weight is 341 g/mol. The van der Waals surface area contributed by atoms with E-state index in [2.05, 4.69) is 18.8 Å². The first-order chi connectivity index (χ1) is 11.7. The van der Waals surface area contributed by atoms with Crippen LogP contribution in [0.5, 0.6) is 0 Å². The van der Waals surface area contributed by atoms with E-state index in [1.54, 1.807) is 0 Å². The van der Waals surface area contributed by atoms with Crippen LogP contribution in [0.4, 0.5) is 4.79 Å². The Kier molecular flexibility index (Phi) is 15.3. The third kappa shape index (κ3) is 13.0. The van der Waals surface area contributed by atoms with Gasteiger partial charge < -0.3 is 14.8 Å². The minimum absolute atomic E-state index is 0.124. The van der Waals surface area contributed by atoms with E-state index in [9.17, 15) is 9.59 Å². The van der Waals surface area contributed by atoms with Crippen molar-refractivity contribution in [3.63, 3.8) is 0 Å². The standard InChI is InChI=1S/C19H35NO4/c1-4-7-9-10-11-12-13-16-23-18(21)17(14-8-5-2)20-19(22)24-15-6-3/h6,17H,3-5,7-16H2,1-2H3,(H,20,22). The Balaban J connectivity index is 3.98. The Morgan fingerprint density at radius 3 is 2.21 bits per heavy atom. The molecule has 0 aromatic carbocycles. The Labute approximate surface area is 147 Å². The molecule has 0 aliphatic rings. The zero-order chi connectivity index (χ0) is 18.0. The summed E-state index contributed by atoms with van der Waals surface area (Å²) in [5.41, 5.74) is 0. The normalized spacial score (nSPS) is 11.6. The van der Waals surface area contributed by atoms with E-state index in [1.165, 1.54) is 38.2 Å². The molecule has 0 aliphatic carbocycles. The number of carbonyl (C=O) groups excluding carboxylic acids is 2. The number of carbonyl (C=O) groups is 2. The molecule has 0 radical (unpaired) electrons. The van der Waals surface area contributed by atoms with Gasteiger partial charge >= 0.3 is 12.1 Å². The molecule has 1 atom stereocenters. The molecule has 0 bridgehead atoms. The first-order valence-corrected chi connectivity index (χ1v) is 9.36. The minimum atomic E-state index is -0.633. The minimum Gasteiger partial charge on any atom is -0.464 e. The maximum Gasteiger partial charge on any atom is 0.408 e. The van der Waals surface area contributed by atoms with Gasteiger partial charge in [0.05, 0.1) is 6.61 Å². The van der Waals surface area contributed by atoms with Crippen LogP contribution in [0.2, 0.25) is 0 Å². The van der Waals surface area contributed by atoms with Gasteiger partial charge in [-0.15, -0.1) is 0 Å². The number of amides is 1. The van der Waals surface area contributed by atoms with Crippen molar-refractivity contribution in [3.8, 4) is 0 Å². The fourth-order valence-corrected chi connectivity index (χ4v) is 2.31. The summed E-state index contributed by atoms with van der Waals surface area (Å²) in [6.45, 7) is 8.26. The van der Waals surface area contributed by atoms with Gasteiger partial charge in [-0.2, -0.15) is 0 Å². The molecule has 5 heteroatoms. The molecular formula is C19H35NO4. The van der Waals surface area contributed by atoms with E-state index in [1.807, 2.05) is 6.92 Å². The van der Waals surface area contributed by atoms with E-state index >= 15 is 0 Å². The van der Waals surface area contributed by atoms with Gasteiger partial charge in [0.2, 0.25) is 0 Å². The SMILES string of the molecule is C=CCOC(=O)NC(CCCC)C(=O)OCCCCCCCCC. The zero-order valence-electron chi connectivity index (χ0n) is 15.5. The van der Waals surface area contributed by atoms with Gasteiger partial charge in [0.15, 0.2) is 0 Å². The second-order valence-electron chi connectivity index (χ2n) is 6.02. The molecular weight excluding hydrogens is 306 g/mol. The number of hydrogen-bond donors (Lipinski definition) is 1. The maximum absolute atomic E-state index is 12.1. The third-order valence-corrected chi connectivity index (χ3v) is 3.75. The number of hydrogen-bond acceptors (Lipinski definition) is 4. The lowest BCUT2D eigenvalue weighted by molar-refractivity contribution is -0.146. The summed E-state index contributed by atoms with van der Waals surface area (Å²) in [7, 11) is 0. The number of esters is 1. The van der Waals surface area contributed by atoms with Crippen molar-refractivity contribution in [1.29, 1.82) is 0 Å². The van der Waals surface area contributed by atoms with Crippen molar-refractivity contribution >= 4 is 12.1 Å². The lowest BCUT2D eigenvalue weighted by Gasteiger charge is -2.17.